The normalized spacial score (nSPS) is 15.4. The fourth-order valence-electron chi connectivity index (χ4n) is 3.31. The minimum Gasteiger partial charge on any atom is -0.0656 e. The van der Waals surface area contributed by atoms with Gasteiger partial charge in [0.15, 0.2) is 0 Å². The number of rotatable bonds is 2. The van der Waals surface area contributed by atoms with E-state index < -0.39 is 8.07 Å². The van der Waals surface area contributed by atoms with Crippen molar-refractivity contribution in [1.29, 1.82) is 0 Å². The summed E-state index contributed by atoms with van der Waals surface area (Å²) in [6.45, 7) is 4.84. The van der Waals surface area contributed by atoms with Crippen molar-refractivity contribution in [2.45, 2.75) is 25.9 Å². The van der Waals surface area contributed by atoms with Crippen molar-refractivity contribution in [3.8, 4) is 11.1 Å². The van der Waals surface area contributed by atoms with Crippen molar-refractivity contribution in [2.24, 2.45) is 0 Å². The quantitative estimate of drug-likeness (QED) is 0.704. The summed E-state index contributed by atoms with van der Waals surface area (Å²) in [6, 6.07) is 19.4. The highest BCUT2D eigenvalue weighted by atomic mass is 28.3. The molecule has 17 heavy (non-hydrogen) atoms. The van der Waals surface area contributed by atoms with Gasteiger partial charge in [0.2, 0.25) is 0 Å². The maximum absolute atomic E-state index is 2.53. The molecule has 1 heteroatoms. The third kappa shape index (κ3) is 1.42. The lowest BCUT2D eigenvalue weighted by atomic mass is 10.1. The maximum Gasteiger partial charge on any atom is 0.116 e. The van der Waals surface area contributed by atoms with Gasteiger partial charge >= 0.3 is 0 Å². The van der Waals surface area contributed by atoms with Gasteiger partial charge in [-0.3, -0.25) is 0 Å². The Labute approximate surface area is 104 Å². The summed E-state index contributed by atoms with van der Waals surface area (Å²) in [4.78, 5) is 0. The summed E-state index contributed by atoms with van der Waals surface area (Å²) in [7, 11) is -1.43. The van der Waals surface area contributed by atoms with Crippen LogP contribution in [0.2, 0.25) is 12.6 Å². The van der Waals surface area contributed by atoms with Crippen molar-refractivity contribution in [2.75, 3.05) is 0 Å². The van der Waals surface area contributed by atoms with E-state index in [1.54, 1.807) is 10.4 Å². The predicted molar refractivity (Wildman–Crippen MR) is 77.9 cm³/mol. The van der Waals surface area contributed by atoms with Gasteiger partial charge in [-0.2, -0.15) is 0 Å². The monoisotopic (exact) mass is 238 g/mol. The van der Waals surface area contributed by atoms with Crippen LogP contribution in [-0.2, 0) is 0 Å². The molecule has 0 saturated carbocycles. The van der Waals surface area contributed by atoms with E-state index in [1.165, 1.54) is 23.6 Å². The standard InChI is InChI=1S/C16H18Si/c1-3-12-17(2)15-10-6-4-8-13(15)14-9-5-7-11-16(14)17/h4-11H,3,12H2,1-2H3. The highest BCUT2D eigenvalue weighted by Gasteiger charge is 2.39. The first-order chi connectivity index (χ1) is 8.27. The molecule has 0 bridgehead atoms. The summed E-state index contributed by atoms with van der Waals surface area (Å²) in [6.07, 6.45) is 1.28. The van der Waals surface area contributed by atoms with E-state index in [1.807, 2.05) is 0 Å². The fourth-order valence-corrected chi connectivity index (χ4v) is 7.69. The van der Waals surface area contributed by atoms with E-state index in [0.29, 0.717) is 0 Å². The number of hydrogen-bond donors (Lipinski definition) is 0. The van der Waals surface area contributed by atoms with Crippen LogP contribution in [0.25, 0.3) is 11.1 Å². The number of hydrogen-bond acceptors (Lipinski definition) is 0. The Balaban J connectivity index is 2.31. The summed E-state index contributed by atoms with van der Waals surface area (Å²) in [5.74, 6) is 0. The zero-order valence-corrected chi connectivity index (χ0v) is 11.5. The van der Waals surface area contributed by atoms with E-state index in [0.717, 1.165) is 0 Å². The lowest BCUT2D eigenvalue weighted by molar-refractivity contribution is 1.06. The Kier molecular flexibility index (Phi) is 2.44. The molecule has 86 valence electrons. The van der Waals surface area contributed by atoms with Gasteiger partial charge in [0.1, 0.15) is 8.07 Å². The van der Waals surface area contributed by atoms with Crippen LogP contribution >= 0.6 is 0 Å². The maximum atomic E-state index is 2.53. The first-order valence-corrected chi connectivity index (χ1v) is 9.17. The van der Waals surface area contributed by atoms with Crippen LogP contribution in [-0.4, -0.2) is 8.07 Å². The van der Waals surface area contributed by atoms with Gasteiger partial charge in [-0.15, -0.1) is 0 Å². The molecule has 0 atom stereocenters. The van der Waals surface area contributed by atoms with Gasteiger partial charge in [0, 0.05) is 0 Å². The highest BCUT2D eigenvalue weighted by molar-refractivity contribution is 7.04. The molecule has 0 unspecified atom stereocenters. The molecule has 1 heterocycles. The van der Waals surface area contributed by atoms with Gasteiger partial charge < -0.3 is 0 Å². The summed E-state index contributed by atoms with van der Waals surface area (Å²) in [5.41, 5.74) is 2.98. The van der Waals surface area contributed by atoms with Gasteiger partial charge in [-0.25, -0.2) is 0 Å². The van der Waals surface area contributed by atoms with Gasteiger partial charge in [0.05, 0.1) is 0 Å². The largest absolute Gasteiger partial charge is 0.116 e. The molecule has 0 spiro atoms. The molecule has 0 aromatic heterocycles. The molecular formula is C16H18Si. The zero-order valence-electron chi connectivity index (χ0n) is 10.5. The Morgan fingerprint density at radius 3 is 1.76 bits per heavy atom. The fraction of sp³-hybridized carbons (Fsp3) is 0.250. The third-order valence-electron chi connectivity index (χ3n) is 4.08. The van der Waals surface area contributed by atoms with Crippen molar-refractivity contribution < 1.29 is 0 Å². The van der Waals surface area contributed by atoms with Crippen LogP contribution in [0.3, 0.4) is 0 Å². The Morgan fingerprint density at radius 1 is 0.824 bits per heavy atom. The molecule has 0 aliphatic carbocycles. The second-order valence-electron chi connectivity index (χ2n) is 5.17. The summed E-state index contributed by atoms with van der Waals surface area (Å²) < 4.78 is 0. The van der Waals surface area contributed by atoms with Gasteiger partial charge in [-0.05, 0) is 27.5 Å². The van der Waals surface area contributed by atoms with Crippen LogP contribution in [0.5, 0.6) is 0 Å². The van der Waals surface area contributed by atoms with Gasteiger partial charge in [-0.1, -0.05) is 68.4 Å². The lowest BCUT2D eigenvalue weighted by Gasteiger charge is -2.24. The molecule has 1 aliphatic rings. The third-order valence-corrected chi connectivity index (χ3v) is 8.83. The van der Waals surface area contributed by atoms with E-state index in [9.17, 15) is 0 Å². The van der Waals surface area contributed by atoms with E-state index in [-0.39, 0.29) is 0 Å². The molecule has 2 aromatic rings. The van der Waals surface area contributed by atoms with Crippen LogP contribution in [0.15, 0.2) is 48.5 Å². The highest BCUT2D eigenvalue weighted by Crippen LogP contribution is 2.30. The van der Waals surface area contributed by atoms with E-state index in [2.05, 4.69) is 62.0 Å². The number of fused-ring (bicyclic) bond motifs is 3. The van der Waals surface area contributed by atoms with Gasteiger partial charge in [0.25, 0.3) is 0 Å². The molecule has 0 fully saturated rings. The van der Waals surface area contributed by atoms with Crippen LogP contribution < -0.4 is 10.4 Å². The predicted octanol–water partition coefficient (Wildman–Crippen LogP) is 3.27. The second kappa shape index (κ2) is 3.85. The van der Waals surface area contributed by atoms with Crippen LogP contribution in [0.4, 0.5) is 0 Å². The Morgan fingerprint density at radius 2 is 1.29 bits per heavy atom. The van der Waals surface area contributed by atoms with Crippen LogP contribution in [0.1, 0.15) is 13.3 Å². The molecule has 3 rings (SSSR count). The number of benzene rings is 2. The van der Waals surface area contributed by atoms with Crippen molar-refractivity contribution >= 4 is 18.4 Å². The molecular weight excluding hydrogens is 220 g/mol. The first-order valence-electron chi connectivity index (χ1n) is 6.47. The Hall–Kier alpha value is -1.34. The smallest absolute Gasteiger partial charge is 0.0656 e. The summed E-state index contributed by atoms with van der Waals surface area (Å²) >= 11 is 0. The molecule has 0 radical (unpaired) electrons. The molecule has 0 N–H and O–H groups in total. The average molecular weight is 238 g/mol. The molecule has 0 nitrogen and oxygen atoms in total. The first kappa shape index (κ1) is 10.8. The molecule has 2 aromatic carbocycles. The van der Waals surface area contributed by atoms with Crippen molar-refractivity contribution in [3.63, 3.8) is 0 Å². The summed E-state index contributed by atoms with van der Waals surface area (Å²) in [5, 5.41) is 3.28. The molecule has 1 aliphatic heterocycles. The van der Waals surface area contributed by atoms with E-state index >= 15 is 0 Å². The second-order valence-corrected chi connectivity index (χ2v) is 9.41. The minimum atomic E-state index is -1.43. The van der Waals surface area contributed by atoms with Crippen LogP contribution in [0, 0.1) is 0 Å². The SMILES string of the molecule is CCC[Si]1(C)c2ccccc2-c2ccccc21. The average Bonchev–Trinajstić information content (AvgIpc) is 2.62. The molecule has 0 amide bonds. The topological polar surface area (TPSA) is 0 Å². The zero-order chi connectivity index (χ0) is 11.9. The Bertz CT molecular complexity index is 511. The van der Waals surface area contributed by atoms with E-state index in [4.69, 9.17) is 0 Å². The van der Waals surface area contributed by atoms with Crippen molar-refractivity contribution in [1.82, 2.24) is 0 Å². The lowest BCUT2D eigenvalue weighted by Crippen LogP contribution is -2.52. The molecule has 0 saturated heterocycles. The minimum absolute atomic E-state index is 1.28. The van der Waals surface area contributed by atoms with Crippen molar-refractivity contribution in [3.05, 3.63) is 48.5 Å².